The zero-order valence-corrected chi connectivity index (χ0v) is 18.8. The maximum absolute atomic E-state index is 5.93. The number of aliphatic imine (C=N–C) groups is 1. The van der Waals surface area contributed by atoms with Crippen LogP contribution in [-0.2, 0) is 16.0 Å². The Balaban J connectivity index is 0.00000225. The number of ether oxygens (including phenoxy) is 3. The summed E-state index contributed by atoms with van der Waals surface area (Å²) < 4.78 is 17.4. The van der Waals surface area contributed by atoms with E-state index in [4.69, 9.17) is 14.2 Å². The van der Waals surface area contributed by atoms with Crippen molar-refractivity contribution in [3.05, 3.63) is 23.9 Å². The molecule has 7 nitrogen and oxygen atoms in total. The zero-order chi connectivity index (χ0) is 18.5. The van der Waals surface area contributed by atoms with Crippen molar-refractivity contribution in [2.45, 2.75) is 44.4 Å². The third kappa shape index (κ3) is 5.93. The number of hydrogen-bond donors (Lipinski definition) is 1. The summed E-state index contributed by atoms with van der Waals surface area (Å²) in [5.74, 6) is 2.35. The molecule has 1 aromatic rings. The van der Waals surface area contributed by atoms with Crippen molar-refractivity contribution >= 4 is 29.9 Å². The van der Waals surface area contributed by atoms with E-state index in [-0.39, 0.29) is 36.2 Å². The summed E-state index contributed by atoms with van der Waals surface area (Å²) in [6.45, 7) is 4.70. The van der Waals surface area contributed by atoms with Gasteiger partial charge in [0.25, 0.3) is 0 Å². The fraction of sp³-hybridized carbons (Fsp3) is 0.700. The van der Waals surface area contributed by atoms with Gasteiger partial charge in [0.05, 0.1) is 19.3 Å². The minimum absolute atomic E-state index is 0. The Hall–Kier alpha value is -1.13. The van der Waals surface area contributed by atoms with Crippen LogP contribution in [0.1, 0.15) is 31.2 Å². The molecule has 3 heterocycles. The van der Waals surface area contributed by atoms with Crippen LogP contribution in [-0.4, -0.2) is 68.0 Å². The summed E-state index contributed by atoms with van der Waals surface area (Å²) >= 11 is 0. The Morgan fingerprint density at radius 2 is 2.11 bits per heavy atom. The topological polar surface area (TPSA) is 68.2 Å². The number of halogens is 1. The molecule has 1 saturated carbocycles. The second-order valence-corrected chi connectivity index (χ2v) is 7.57. The molecule has 0 bridgehead atoms. The van der Waals surface area contributed by atoms with E-state index in [0.29, 0.717) is 19.0 Å². The van der Waals surface area contributed by atoms with E-state index in [1.54, 1.807) is 0 Å². The van der Waals surface area contributed by atoms with Crippen molar-refractivity contribution in [2.75, 3.05) is 40.0 Å². The zero-order valence-electron chi connectivity index (χ0n) is 16.5. The average Bonchev–Trinajstić information content (AvgIpc) is 3.38. The van der Waals surface area contributed by atoms with Crippen molar-refractivity contribution in [1.29, 1.82) is 0 Å². The van der Waals surface area contributed by atoms with Crippen LogP contribution in [0.2, 0.25) is 0 Å². The first-order valence-electron chi connectivity index (χ1n) is 10.1. The highest BCUT2D eigenvalue weighted by Gasteiger charge is 2.32. The number of pyridine rings is 1. The number of rotatable bonds is 6. The lowest BCUT2D eigenvalue weighted by Crippen LogP contribution is -2.53. The van der Waals surface area contributed by atoms with Crippen molar-refractivity contribution < 1.29 is 14.2 Å². The monoisotopic (exact) mass is 502 g/mol. The van der Waals surface area contributed by atoms with Crippen molar-refractivity contribution in [1.82, 2.24) is 15.2 Å². The van der Waals surface area contributed by atoms with Gasteiger partial charge in [0.1, 0.15) is 6.10 Å². The van der Waals surface area contributed by atoms with Gasteiger partial charge in [0, 0.05) is 45.6 Å². The van der Waals surface area contributed by atoms with Crippen LogP contribution in [0, 0.1) is 5.92 Å². The molecule has 0 aromatic carbocycles. The second-order valence-electron chi connectivity index (χ2n) is 7.57. The summed E-state index contributed by atoms with van der Waals surface area (Å²) in [5, 5.41) is 3.44. The van der Waals surface area contributed by atoms with Gasteiger partial charge in [0.2, 0.25) is 5.88 Å². The average molecular weight is 502 g/mol. The lowest BCUT2D eigenvalue weighted by Gasteiger charge is -2.37. The predicted octanol–water partition coefficient (Wildman–Crippen LogP) is 2.44. The number of nitrogens with zero attached hydrogens (tertiary/aromatic N) is 3. The first-order valence-corrected chi connectivity index (χ1v) is 10.1. The maximum Gasteiger partial charge on any atom is 0.213 e. The lowest BCUT2D eigenvalue weighted by molar-refractivity contribution is -0.0817. The van der Waals surface area contributed by atoms with Gasteiger partial charge in [-0.15, -0.1) is 24.0 Å². The second kappa shape index (κ2) is 10.6. The first kappa shape index (κ1) is 21.6. The van der Waals surface area contributed by atoms with Gasteiger partial charge in [-0.05, 0) is 37.2 Å². The summed E-state index contributed by atoms with van der Waals surface area (Å²) in [5.41, 5.74) is 1.11. The third-order valence-corrected chi connectivity index (χ3v) is 5.40. The number of aromatic nitrogens is 1. The minimum Gasteiger partial charge on any atom is -0.477 e. The van der Waals surface area contributed by atoms with E-state index in [9.17, 15) is 0 Å². The van der Waals surface area contributed by atoms with E-state index < -0.39 is 0 Å². The van der Waals surface area contributed by atoms with Gasteiger partial charge in [0.15, 0.2) is 5.96 Å². The number of guanidine groups is 1. The molecule has 3 aliphatic rings. The molecule has 156 valence electrons. The predicted molar refractivity (Wildman–Crippen MR) is 118 cm³/mol. The summed E-state index contributed by atoms with van der Waals surface area (Å²) in [6, 6.07) is 4.01. The Bertz CT molecular complexity index is 633. The van der Waals surface area contributed by atoms with E-state index in [0.717, 1.165) is 56.6 Å². The van der Waals surface area contributed by atoms with Crippen LogP contribution in [0.3, 0.4) is 0 Å². The van der Waals surface area contributed by atoms with Gasteiger partial charge < -0.3 is 24.4 Å². The number of nitrogens with one attached hydrogen (secondary N) is 1. The molecule has 2 aliphatic heterocycles. The van der Waals surface area contributed by atoms with Crippen LogP contribution in [0.4, 0.5) is 0 Å². The molecule has 0 amide bonds. The van der Waals surface area contributed by atoms with Crippen LogP contribution in [0.15, 0.2) is 23.3 Å². The molecule has 0 radical (unpaired) electrons. The highest BCUT2D eigenvalue weighted by Crippen LogP contribution is 2.29. The number of morpholine rings is 1. The SMILES string of the molecule is CN=C(NCc1ccc(OCC2CC2)nc1)N1CCOC(C2CCCO2)C1.I. The molecule has 8 heteroatoms. The molecule has 2 atom stereocenters. The Morgan fingerprint density at radius 3 is 2.79 bits per heavy atom. The highest BCUT2D eigenvalue weighted by atomic mass is 127. The van der Waals surface area contributed by atoms with E-state index >= 15 is 0 Å². The molecule has 2 saturated heterocycles. The molecule has 3 fully saturated rings. The van der Waals surface area contributed by atoms with Gasteiger partial charge in [-0.1, -0.05) is 6.07 Å². The number of hydrogen-bond acceptors (Lipinski definition) is 5. The van der Waals surface area contributed by atoms with Crippen LogP contribution >= 0.6 is 24.0 Å². The summed E-state index contributed by atoms with van der Waals surface area (Å²) in [6.07, 6.45) is 7.02. The lowest BCUT2D eigenvalue weighted by atomic mass is 10.1. The standard InChI is InChI=1S/C20H30N4O3.HI/c1-21-20(24-8-10-26-18(13-24)17-3-2-9-25-17)23-12-16-6-7-19(22-11-16)27-14-15-4-5-15;/h6-7,11,15,17-18H,2-5,8-10,12-14H2,1H3,(H,21,23);1H. The largest absolute Gasteiger partial charge is 0.477 e. The fourth-order valence-corrected chi connectivity index (χ4v) is 3.59. The Labute approximate surface area is 184 Å². The minimum atomic E-state index is 0. The summed E-state index contributed by atoms with van der Waals surface area (Å²) in [4.78, 5) is 11.1. The normalized spacial score (nSPS) is 25.3. The smallest absolute Gasteiger partial charge is 0.213 e. The van der Waals surface area contributed by atoms with Gasteiger partial charge in [-0.25, -0.2) is 4.98 Å². The van der Waals surface area contributed by atoms with E-state index in [1.807, 2.05) is 19.3 Å². The van der Waals surface area contributed by atoms with Crippen LogP contribution in [0.5, 0.6) is 5.88 Å². The maximum atomic E-state index is 5.93. The molecule has 1 aromatic heterocycles. The van der Waals surface area contributed by atoms with Crippen molar-refractivity contribution in [3.63, 3.8) is 0 Å². The first-order chi connectivity index (χ1) is 13.3. The molecular formula is C20H31IN4O3. The van der Waals surface area contributed by atoms with Gasteiger partial charge in [-0.3, -0.25) is 4.99 Å². The van der Waals surface area contributed by atoms with E-state index in [2.05, 4.69) is 26.3 Å². The van der Waals surface area contributed by atoms with Gasteiger partial charge in [-0.2, -0.15) is 0 Å². The molecule has 1 aliphatic carbocycles. The molecule has 1 N–H and O–H groups in total. The molecular weight excluding hydrogens is 471 g/mol. The molecule has 0 spiro atoms. The molecule has 2 unspecified atom stereocenters. The van der Waals surface area contributed by atoms with Crippen LogP contribution in [0.25, 0.3) is 0 Å². The summed E-state index contributed by atoms with van der Waals surface area (Å²) in [7, 11) is 1.83. The van der Waals surface area contributed by atoms with Crippen molar-refractivity contribution in [3.8, 4) is 5.88 Å². The molecule has 4 rings (SSSR count). The third-order valence-electron chi connectivity index (χ3n) is 5.40. The Morgan fingerprint density at radius 1 is 1.25 bits per heavy atom. The molecule has 28 heavy (non-hydrogen) atoms. The van der Waals surface area contributed by atoms with Gasteiger partial charge >= 0.3 is 0 Å². The van der Waals surface area contributed by atoms with Crippen LogP contribution < -0.4 is 10.1 Å². The van der Waals surface area contributed by atoms with Crippen molar-refractivity contribution in [2.24, 2.45) is 10.9 Å². The highest BCUT2D eigenvalue weighted by molar-refractivity contribution is 14.0. The van der Waals surface area contributed by atoms with E-state index in [1.165, 1.54) is 12.8 Å². The Kier molecular flexibility index (Phi) is 8.16. The fourth-order valence-electron chi connectivity index (χ4n) is 3.59. The quantitative estimate of drug-likeness (QED) is 0.366.